The molecule has 0 spiro atoms. The van der Waals surface area contributed by atoms with E-state index in [1.807, 2.05) is 0 Å². The summed E-state index contributed by atoms with van der Waals surface area (Å²) in [6.45, 7) is 1.35. The van der Waals surface area contributed by atoms with E-state index in [1.54, 1.807) is 0 Å². The molecule has 5 unspecified atom stereocenters. The smallest absolute Gasteiger partial charge is 0.214 e. The van der Waals surface area contributed by atoms with Gasteiger partial charge >= 0.3 is 0 Å². The average molecular weight is 276 g/mol. The summed E-state index contributed by atoms with van der Waals surface area (Å²) in [5.74, 6) is 0.355. The molecule has 0 aromatic carbocycles. The van der Waals surface area contributed by atoms with Gasteiger partial charge in [-0.2, -0.15) is 0 Å². The predicted octanol–water partition coefficient (Wildman–Crippen LogP) is -0.801. The van der Waals surface area contributed by atoms with Gasteiger partial charge in [0.05, 0.1) is 24.0 Å². The monoisotopic (exact) mass is 276 g/mol. The molecule has 3 N–H and O–H groups in total. The third kappa shape index (κ3) is 2.30. The molecule has 5 atom stereocenters. The van der Waals surface area contributed by atoms with Crippen molar-refractivity contribution in [3.8, 4) is 0 Å². The second-order valence-electron chi connectivity index (χ2n) is 5.43. The van der Waals surface area contributed by atoms with E-state index in [9.17, 15) is 8.42 Å². The quantitative estimate of drug-likeness (QED) is 0.701. The predicted molar refractivity (Wildman–Crippen MR) is 65.5 cm³/mol. The maximum Gasteiger partial charge on any atom is 0.214 e. The summed E-state index contributed by atoms with van der Waals surface area (Å²) in [7, 11) is -3.33. The Morgan fingerprint density at radius 1 is 1.22 bits per heavy atom. The number of nitrogens with one attached hydrogen (secondary N) is 1. The molecule has 0 aromatic heterocycles. The highest BCUT2D eigenvalue weighted by atomic mass is 32.2. The molecule has 104 valence electrons. The Labute approximate surface area is 107 Å². The summed E-state index contributed by atoms with van der Waals surface area (Å²) in [5.41, 5.74) is 5.99. The van der Waals surface area contributed by atoms with E-state index in [0.29, 0.717) is 19.1 Å². The SMILES string of the molecule is NC1C2CCOC2C1NS(=O)(=O)CC1CCCO1. The van der Waals surface area contributed by atoms with Gasteiger partial charge in [0.15, 0.2) is 0 Å². The number of fused-ring (bicyclic) bond motifs is 1. The Hall–Kier alpha value is -0.210. The molecular weight excluding hydrogens is 256 g/mol. The minimum absolute atomic E-state index is 0.0285. The Balaban J connectivity index is 1.58. The molecule has 2 aliphatic heterocycles. The molecule has 7 heteroatoms. The van der Waals surface area contributed by atoms with Gasteiger partial charge in [-0.1, -0.05) is 0 Å². The first-order valence-electron chi connectivity index (χ1n) is 6.55. The molecule has 3 aliphatic rings. The van der Waals surface area contributed by atoms with Crippen LogP contribution in [0.2, 0.25) is 0 Å². The van der Waals surface area contributed by atoms with Crippen LogP contribution in [0.3, 0.4) is 0 Å². The van der Waals surface area contributed by atoms with Crippen LogP contribution < -0.4 is 10.5 Å². The highest BCUT2D eigenvalue weighted by molar-refractivity contribution is 7.89. The number of hydrogen-bond donors (Lipinski definition) is 2. The van der Waals surface area contributed by atoms with Crippen molar-refractivity contribution in [1.82, 2.24) is 4.72 Å². The second-order valence-corrected chi connectivity index (χ2v) is 7.22. The van der Waals surface area contributed by atoms with Crippen LogP contribution in [0.5, 0.6) is 0 Å². The van der Waals surface area contributed by atoms with Crippen molar-refractivity contribution in [2.45, 2.75) is 43.6 Å². The van der Waals surface area contributed by atoms with Crippen LogP contribution in [0.15, 0.2) is 0 Å². The summed E-state index contributed by atoms with van der Waals surface area (Å²) >= 11 is 0. The zero-order chi connectivity index (χ0) is 12.8. The third-order valence-electron chi connectivity index (χ3n) is 4.19. The van der Waals surface area contributed by atoms with Gasteiger partial charge in [-0.25, -0.2) is 13.1 Å². The molecule has 6 nitrogen and oxygen atoms in total. The lowest BCUT2D eigenvalue weighted by Crippen LogP contribution is -2.69. The van der Waals surface area contributed by atoms with E-state index >= 15 is 0 Å². The molecule has 18 heavy (non-hydrogen) atoms. The summed E-state index contributed by atoms with van der Waals surface area (Å²) in [6.07, 6.45) is 2.51. The van der Waals surface area contributed by atoms with Gasteiger partial charge in [0.1, 0.15) is 0 Å². The number of nitrogens with two attached hydrogens (primary N) is 1. The Morgan fingerprint density at radius 2 is 2.06 bits per heavy atom. The topological polar surface area (TPSA) is 90.6 Å². The standard InChI is InChI=1S/C11H20N2O4S/c12-9-8-3-5-17-11(8)10(9)13-18(14,15)6-7-2-1-4-16-7/h7-11,13H,1-6,12H2. The van der Waals surface area contributed by atoms with Crippen molar-refractivity contribution >= 4 is 10.0 Å². The van der Waals surface area contributed by atoms with E-state index < -0.39 is 10.0 Å². The molecule has 2 heterocycles. The molecule has 3 fully saturated rings. The fraction of sp³-hybridized carbons (Fsp3) is 1.00. The normalized spacial score (nSPS) is 43.7. The molecule has 0 amide bonds. The summed E-state index contributed by atoms with van der Waals surface area (Å²) in [5, 5.41) is 0. The number of sulfonamides is 1. The van der Waals surface area contributed by atoms with Gasteiger partial charge in [-0.05, 0) is 19.3 Å². The number of hydrogen-bond acceptors (Lipinski definition) is 5. The summed E-state index contributed by atoms with van der Waals surface area (Å²) in [6, 6.07) is -0.374. The van der Waals surface area contributed by atoms with Crippen molar-refractivity contribution in [3.63, 3.8) is 0 Å². The average Bonchev–Trinajstić information content (AvgIpc) is 2.94. The van der Waals surface area contributed by atoms with Gasteiger partial charge in [-0.15, -0.1) is 0 Å². The van der Waals surface area contributed by atoms with Gasteiger partial charge in [0.2, 0.25) is 10.0 Å². The highest BCUT2D eigenvalue weighted by Crippen LogP contribution is 2.38. The zero-order valence-corrected chi connectivity index (χ0v) is 11.1. The Kier molecular flexibility index (Phi) is 3.36. The second kappa shape index (κ2) is 4.72. The Bertz CT molecular complexity index is 407. The zero-order valence-electron chi connectivity index (χ0n) is 10.2. The lowest BCUT2D eigenvalue weighted by Gasteiger charge is -2.45. The fourth-order valence-electron chi connectivity index (χ4n) is 3.17. The molecule has 0 radical (unpaired) electrons. The molecule has 0 bridgehead atoms. The first kappa shape index (κ1) is 12.8. The summed E-state index contributed by atoms with van der Waals surface area (Å²) in [4.78, 5) is 0. The molecular formula is C11H20N2O4S. The van der Waals surface area contributed by atoms with Crippen molar-refractivity contribution < 1.29 is 17.9 Å². The number of rotatable bonds is 4. The minimum atomic E-state index is -3.33. The van der Waals surface area contributed by atoms with Crippen LogP contribution in [0, 0.1) is 5.92 Å². The van der Waals surface area contributed by atoms with Crippen molar-refractivity contribution in [2.24, 2.45) is 11.7 Å². The summed E-state index contributed by atoms with van der Waals surface area (Å²) < 4.78 is 37.6. The van der Waals surface area contributed by atoms with Crippen LogP contribution in [0.4, 0.5) is 0 Å². The lowest BCUT2D eigenvalue weighted by molar-refractivity contribution is -0.00936. The van der Waals surface area contributed by atoms with Gasteiger partial charge in [-0.3, -0.25) is 0 Å². The van der Waals surface area contributed by atoms with Crippen LogP contribution in [-0.2, 0) is 19.5 Å². The molecule has 1 saturated carbocycles. The van der Waals surface area contributed by atoms with E-state index in [4.69, 9.17) is 15.2 Å². The lowest BCUT2D eigenvalue weighted by atomic mass is 9.73. The maximum atomic E-state index is 12.0. The molecule has 0 aromatic rings. The minimum Gasteiger partial charge on any atom is -0.377 e. The van der Waals surface area contributed by atoms with Crippen molar-refractivity contribution in [3.05, 3.63) is 0 Å². The van der Waals surface area contributed by atoms with Gasteiger partial charge in [0.25, 0.3) is 0 Å². The van der Waals surface area contributed by atoms with Crippen LogP contribution in [-0.4, -0.2) is 51.7 Å². The van der Waals surface area contributed by atoms with E-state index in [0.717, 1.165) is 19.3 Å². The van der Waals surface area contributed by atoms with Gasteiger partial charge in [0, 0.05) is 25.2 Å². The van der Waals surface area contributed by atoms with Crippen molar-refractivity contribution in [1.29, 1.82) is 0 Å². The molecule has 3 rings (SSSR count). The fourth-order valence-corrected chi connectivity index (χ4v) is 4.73. The maximum absolute atomic E-state index is 12.0. The van der Waals surface area contributed by atoms with Crippen LogP contribution in [0.25, 0.3) is 0 Å². The van der Waals surface area contributed by atoms with E-state index in [1.165, 1.54) is 0 Å². The molecule has 1 aliphatic carbocycles. The third-order valence-corrected chi connectivity index (χ3v) is 5.63. The van der Waals surface area contributed by atoms with Gasteiger partial charge < -0.3 is 15.2 Å². The van der Waals surface area contributed by atoms with E-state index in [2.05, 4.69) is 4.72 Å². The first-order valence-corrected chi connectivity index (χ1v) is 8.21. The Morgan fingerprint density at radius 3 is 2.78 bits per heavy atom. The van der Waals surface area contributed by atoms with Crippen molar-refractivity contribution in [2.75, 3.05) is 19.0 Å². The molecule has 2 saturated heterocycles. The van der Waals surface area contributed by atoms with Crippen LogP contribution >= 0.6 is 0 Å². The van der Waals surface area contributed by atoms with Crippen LogP contribution in [0.1, 0.15) is 19.3 Å². The van der Waals surface area contributed by atoms with E-state index in [-0.39, 0.29) is 30.0 Å². The largest absolute Gasteiger partial charge is 0.377 e. The highest BCUT2D eigenvalue weighted by Gasteiger charge is 2.53. The number of ether oxygens (including phenoxy) is 2. The first-order chi connectivity index (χ1) is 8.57.